The lowest BCUT2D eigenvalue weighted by molar-refractivity contribution is -0.111. The van der Waals surface area contributed by atoms with Crippen LogP contribution in [0.2, 0.25) is 0 Å². The molecule has 78 valence electrons. The van der Waals surface area contributed by atoms with Crippen molar-refractivity contribution in [1.29, 1.82) is 0 Å². The lowest BCUT2D eigenvalue weighted by Crippen LogP contribution is -1.97. The third-order valence-corrected chi connectivity index (χ3v) is 2.08. The first kappa shape index (κ1) is 12.6. The van der Waals surface area contributed by atoms with E-state index in [2.05, 4.69) is 6.92 Å². The number of rotatable bonds is 10. The molecule has 0 aliphatic heterocycles. The van der Waals surface area contributed by atoms with Gasteiger partial charge in [-0.25, -0.2) is 0 Å². The topological polar surface area (TPSA) is 26.3 Å². The zero-order valence-corrected chi connectivity index (χ0v) is 8.76. The van der Waals surface area contributed by atoms with Crippen molar-refractivity contribution in [1.82, 2.24) is 0 Å². The molecule has 0 unspecified atom stereocenters. The number of aldehydes is 1. The second-order valence-corrected chi connectivity index (χ2v) is 3.36. The second-order valence-electron chi connectivity index (χ2n) is 3.36. The molecule has 2 heteroatoms. The average molecular weight is 186 g/mol. The molecular weight excluding hydrogens is 164 g/mol. The van der Waals surface area contributed by atoms with E-state index in [0.29, 0.717) is 0 Å². The molecule has 0 spiro atoms. The SMILES string of the molecule is CCCCCCCCCOCC=O. The summed E-state index contributed by atoms with van der Waals surface area (Å²) >= 11 is 0. The monoisotopic (exact) mass is 186 g/mol. The first-order valence-corrected chi connectivity index (χ1v) is 5.43. The highest BCUT2D eigenvalue weighted by molar-refractivity contribution is 5.50. The third kappa shape index (κ3) is 11.6. The molecule has 0 rings (SSSR count). The van der Waals surface area contributed by atoms with Crippen LogP contribution in [0, 0.1) is 0 Å². The van der Waals surface area contributed by atoms with Gasteiger partial charge in [0.1, 0.15) is 12.9 Å². The van der Waals surface area contributed by atoms with E-state index in [1.807, 2.05) is 0 Å². The Labute approximate surface area is 81.7 Å². The minimum Gasteiger partial charge on any atom is -0.374 e. The van der Waals surface area contributed by atoms with E-state index in [4.69, 9.17) is 4.74 Å². The Balaban J connectivity index is 2.79. The van der Waals surface area contributed by atoms with Gasteiger partial charge in [0, 0.05) is 6.61 Å². The average Bonchev–Trinajstić information content (AvgIpc) is 2.16. The molecule has 0 aromatic carbocycles. The molecular formula is C11H22O2. The fraction of sp³-hybridized carbons (Fsp3) is 0.909. The Kier molecular flexibility index (Phi) is 11.3. The van der Waals surface area contributed by atoms with Gasteiger partial charge in [-0.3, -0.25) is 0 Å². The summed E-state index contributed by atoms with van der Waals surface area (Å²) in [5.41, 5.74) is 0. The molecule has 0 heterocycles. The summed E-state index contributed by atoms with van der Waals surface area (Å²) in [5, 5.41) is 0. The van der Waals surface area contributed by atoms with Gasteiger partial charge < -0.3 is 9.53 Å². The molecule has 0 aliphatic carbocycles. The maximum absolute atomic E-state index is 9.89. The van der Waals surface area contributed by atoms with Gasteiger partial charge in [0.05, 0.1) is 0 Å². The van der Waals surface area contributed by atoms with Gasteiger partial charge in [-0.05, 0) is 6.42 Å². The Hall–Kier alpha value is -0.370. The lowest BCUT2D eigenvalue weighted by Gasteiger charge is -2.00. The molecule has 0 aromatic rings. The minimum absolute atomic E-state index is 0.260. The van der Waals surface area contributed by atoms with Gasteiger partial charge >= 0.3 is 0 Å². The van der Waals surface area contributed by atoms with Gasteiger partial charge in [0.25, 0.3) is 0 Å². The zero-order chi connectivity index (χ0) is 9.78. The van der Waals surface area contributed by atoms with E-state index in [9.17, 15) is 4.79 Å². The summed E-state index contributed by atoms with van der Waals surface area (Å²) in [6.45, 7) is 3.23. The van der Waals surface area contributed by atoms with Crippen molar-refractivity contribution in [3.8, 4) is 0 Å². The maximum Gasteiger partial charge on any atom is 0.145 e. The van der Waals surface area contributed by atoms with Crippen LogP contribution >= 0.6 is 0 Å². The molecule has 2 nitrogen and oxygen atoms in total. The van der Waals surface area contributed by atoms with Crippen molar-refractivity contribution in [2.45, 2.75) is 51.9 Å². The highest BCUT2D eigenvalue weighted by Gasteiger charge is 1.90. The van der Waals surface area contributed by atoms with E-state index in [0.717, 1.165) is 19.3 Å². The van der Waals surface area contributed by atoms with Crippen molar-refractivity contribution >= 4 is 6.29 Å². The molecule has 0 aromatic heterocycles. The largest absolute Gasteiger partial charge is 0.374 e. The van der Waals surface area contributed by atoms with E-state index in [-0.39, 0.29) is 6.61 Å². The summed E-state index contributed by atoms with van der Waals surface area (Å²) in [6.07, 6.45) is 9.84. The summed E-state index contributed by atoms with van der Waals surface area (Å²) in [4.78, 5) is 9.89. The number of ether oxygens (including phenoxy) is 1. The van der Waals surface area contributed by atoms with Crippen molar-refractivity contribution in [2.75, 3.05) is 13.2 Å². The molecule has 0 radical (unpaired) electrons. The van der Waals surface area contributed by atoms with E-state index < -0.39 is 0 Å². The predicted molar refractivity (Wildman–Crippen MR) is 54.9 cm³/mol. The molecule has 0 N–H and O–H groups in total. The van der Waals surface area contributed by atoms with Crippen LogP contribution in [0.4, 0.5) is 0 Å². The lowest BCUT2D eigenvalue weighted by atomic mass is 10.1. The molecule has 0 amide bonds. The fourth-order valence-electron chi connectivity index (χ4n) is 1.29. The third-order valence-electron chi connectivity index (χ3n) is 2.08. The van der Waals surface area contributed by atoms with E-state index in [1.165, 1.54) is 38.5 Å². The van der Waals surface area contributed by atoms with E-state index >= 15 is 0 Å². The molecule has 0 aliphatic rings. The van der Waals surface area contributed by atoms with Crippen LogP contribution in [-0.4, -0.2) is 19.5 Å². The number of hydrogen-bond donors (Lipinski definition) is 0. The first-order chi connectivity index (χ1) is 6.41. The van der Waals surface area contributed by atoms with Crippen LogP contribution in [0.3, 0.4) is 0 Å². The van der Waals surface area contributed by atoms with Gasteiger partial charge in [0.2, 0.25) is 0 Å². The molecule has 13 heavy (non-hydrogen) atoms. The maximum atomic E-state index is 9.89. The van der Waals surface area contributed by atoms with Crippen molar-refractivity contribution < 1.29 is 9.53 Å². The number of carbonyl (C=O) groups is 1. The van der Waals surface area contributed by atoms with Crippen LogP contribution in [0.1, 0.15) is 51.9 Å². The highest BCUT2D eigenvalue weighted by Crippen LogP contribution is 2.06. The number of carbonyl (C=O) groups excluding carboxylic acids is 1. The highest BCUT2D eigenvalue weighted by atomic mass is 16.5. The zero-order valence-electron chi connectivity index (χ0n) is 8.76. The second kappa shape index (κ2) is 11.6. The normalized spacial score (nSPS) is 10.2. The van der Waals surface area contributed by atoms with Gasteiger partial charge in [-0.15, -0.1) is 0 Å². The molecule has 0 saturated carbocycles. The van der Waals surface area contributed by atoms with Gasteiger partial charge in [-0.2, -0.15) is 0 Å². The van der Waals surface area contributed by atoms with Crippen LogP contribution in [0.5, 0.6) is 0 Å². The van der Waals surface area contributed by atoms with Crippen LogP contribution in [-0.2, 0) is 9.53 Å². The summed E-state index contributed by atoms with van der Waals surface area (Å²) in [7, 11) is 0. The van der Waals surface area contributed by atoms with Gasteiger partial charge in [-0.1, -0.05) is 45.4 Å². The Morgan fingerprint density at radius 1 is 1.00 bits per heavy atom. The first-order valence-electron chi connectivity index (χ1n) is 5.43. The van der Waals surface area contributed by atoms with E-state index in [1.54, 1.807) is 0 Å². The van der Waals surface area contributed by atoms with Crippen LogP contribution in [0.25, 0.3) is 0 Å². The smallest absolute Gasteiger partial charge is 0.145 e. The Morgan fingerprint density at radius 3 is 2.23 bits per heavy atom. The minimum atomic E-state index is 0.260. The quantitative estimate of drug-likeness (QED) is 0.387. The van der Waals surface area contributed by atoms with Crippen molar-refractivity contribution in [3.05, 3.63) is 0 Å². The predicted octanol–water partition coefficient (Wildman–Crippen LogP) is 2.95. The molecule has 0 bridgehead atoms. The van der Waals surface area contributed by atoms with Crippen molar-refractivity contribution in [3.63, 3.8) is 0 Å². The van der Waals surface area contributed by atoms with Crippen molar-refractivity contribution in [2.24, 2.45) is 0 Å². The standard InChI is InChI=1S/C11H22O2/c1-2-3-4-5-6-7-8-10-13-11-9-12/h9H,2-8,10-11H2,1H3. The van der Waals surface area contributed by atoms with Gasteiger partial charge in [0.15, 0.2) is 0 Å². The summed E-state index contributed by atoms with van der Waals surface area (Å²) < 4.78 is 5.04. The molecule has 0 fully saturated rings. The number of unbranched alkanes of at least 4 members (excludes halogenated alkanes) is 6. The fourth-order valence-corrected chi connectivity index (χ4v) is 1.29. The molecule has 0 saturated heterocycles. The molecule has 0 atom stereocenters. The summed E-state index contributed by atoms with van der Waals surface area (Å²) in [6, 6.07) is 0. The summed E-state index contributed by atoms with van der Waals surface area (Å²) in [5.74, 6) is 0. The van der Waals surface area contributed by atoms with Crippen LogP contribution in [0.15, 0.2) is 0 Å². The van der Waals surface area contributed by atoms with Crippen LogP contribution < -0.4 is 0 Å². The number of hydrogen-bond acceptors (Lipinski definition) is 2. The Bertz CT molecular complexity index is 102. The Morgan fingerprint density at radius 2 is 1.62 bits per heavy atom.